The van der Waals surface area contributed by atoms with E-state index in [1.165, 1.54) is 0 Å². The van der Waals surface area contributed by atoms with Crippen molar-refractivity contribution in [3.63, 3.8) is 0 Å². The standard InChI is InChI=1S/C9H16O4/c1-3-12-8(10)9(7-11-2)5-4-6-13-9/h3-7H2,1-2H3/t9-/m0/s1. The van der Waals surface area contributed by atoms with Crippen molar-refractivity contribution in [2.75, 3.05) is 26.9 Å². The van der Waals surface area contributed by atoms with Crippen LogP contribution >= 0.6 is 0 Å². The molecule has 1 rings (SSSR count). The summed E-state index contributed by atoms with van der Waals surface area (Å²) < 4.78 is 15.3. The van der Waals surface area contributed by atoms with E-state index in [-0.39, 0.29) is 12.6 Å². The molecule has 76 valence electrons. The van der Waals surface area contributed by atoms with Crippen LogP contribution in [0.1, 0.15) is 19.8 Å². The molecular weight excluding hydrogens is 172 g/mol. The van der Waals surface area contributed by atoms with E-state index in [1.807, 2.05) is 0 Å². The van der Waals surface area contributed by atoms with E-state index in [1.54, 1.807) is 14.0 Å². The monoisotopic (exact) mass is 188 g/mol. The van der Waals surface area contributed by atoms with Crippen LogP contribution in [-0.2, 0) is 19.0 Å². The Bertz CT molecular complexity index is 172. The summed E-state index contributed by atoms with van der Waals surface area (Å²) >= 11 is 0. The summed E-state index contributed by atoms with van der Waals surface area (Å²) in [5.41, 5.74) is -0.829. The highest BCUT2D eigenvalue weighted by Gasteiger charge is 2.44. The van der Waals surface area contributed by atoms with Crippen LogP contribution < -0.4 is 0 Å². The molecule has 0 unspecified atom stereocenters. The van der Waals surface area contributed by atoms with Crippen molar-refractivity contribution in [1.82, 2.24) is 0 Å². The number of methoxy groups -OCH3 is 1. The lowest BCUT2D eigenvalue weighted by molar-refractivity contribution is -0.172. The average Bonchev–Trinajstić information content (AvgIpc) is 2.55. The SMILES string of the molecule is CCOC(=O)[C@@]1(COC)CCCO1. The normalized spacial score (nSPS) is 27.5. The first-order chi connectivity index (χ1) is 6.25. The average molecular weight is 188 g/mol. The maximum atomic E-state index is 11.5. The molecule has 0 spiro atoms. The minimum Gasteiger partial charge on any atom is -0.464 e. The van der Waals surface area contributed by atoms with Crippen molar-refractivity contribution in [1.29, 1.82) is 0 Å². The van der Waals surface area contributed by atoms with E-state index < -0.39 is 5.60 Å². The van der Waals surface area contributed by atoms with Crippen LogP contribution in [0.15, 0.2) is 0 Å². The van der Waals surface area contributed by atoms with Crippen LogP contribution in [0.25, 0.3) is 0 Å². The third-order valence-corrected chi connectivity index (χ3v) is 2.13. The second-order valence-electron chi connectivity index (χ2n) is 3.10. The lowest BCUT2D eigenvalue weighted by Crippen LogP contribution is -2.43. The summed E-state index contributed by atoms with van der Waals surface area (Å²) in [5.74, 6) is -0.297. The van der Waals surface area contributed by atoms with Gasteiger partial charge in [-0.05, 0) is 19.8 Å². The minimum absolute atomic E-state index is 0.284. The molecule has 0 N–H and O–H groups in total. The van der Waals surface area contributed by atoms with Crippen LogP contribution in [0.2, 0.25) is 0 Å². The Labute approximate surface area is 78.2 Å². The molecule has 1 heterocycles. The van der Waals surface area contributed by atoms with Gasteiger partial charge in [-0.1, -0.05) is 0 Å². The van der Waals surface area contributed by atoms with Crippen LogP contribution in [0, 0.1) is 0 Å². The van der Waals surface area contributed by atoms with Crippen molar-refractivity contribution in [2.24, 2.45) is 0 Å². The van der Waals surface area contributed by atoms with Gasteiger partial charge >= 0.3 is 5.97 Å². The first-order valence-corrected chi connectivity index (χ1v) is 4.55. The highest BCUT2D eigenvalue weighted by atomic mass is 16.6. The summed E-state index contributed by atoms with van der Waals surface area (Å²) in [6.07, 6.45) is 1.59. The highest BCUT2D eigenvalue weighted by Crippen LogP contribution is 2.27. The number of ether oxygens (including phenoxy) is 3. The number of carbonyl (C=O) groups is 1. The first kappa shape index (κ1) is 10.5. The Morgan fingerprint density at radius 3 is 2.85 bits per heavy atom. The fourth-order valence-corrected chi connectivity index (χ4v) is 1.53. The van der Waals surface area contributed by atoms with Gasteiger partial charge in [-0.2, -0.15) is 0 Å². The largest absolute Gasteiger partial charge is 0.464 e. The molecular formula is C9H16O4. The number of hydrogen-bond donors (Lipinski definition) is 0. The topological polar surface area (TPSA) is 44.8 Å². The molecule has 0 aromatic heterocycles. The van der Waals surface area contributed by atoms with Gasteiger partial charge in [-0.25, -0.2) is 4.79 Å². The van der Waals surface area contributed by atoms with Crippen molar-refractivity contribution in [3.05, 3.63) is 0 Å². The number of rotatable bonds is 4. The summed E-state index contributed by atoms with van der Waals surface area (Å²) in [5, 5.41) is 0. The second kappa shape index (κ2) is 4.58. The van der Waals surface area contributed by atoms with Gasteiger partial charge in [0.15, 0.2) is 5.60 Å². The van der Waals surface area contributed by atoms with E-state index >= 15 is 0 Å². The predicted octanol–water partition coefficient (Wildman–Crippen LogP) is 0.745. The Balaban J connectivity index is 2.60. The number of esters is 1. The maximum Gasteiger partial charge on any atom is 0.340 e. The molecule has 0 bridgehead atoms. The van der Waals surface area contributed by atoms with Crippen LogP contribution in [0.5, 0.6) is 0 Å². The lowest BCUT2D eigenvalue weighted by Gasteiger charge is -2.24. The smallest absolute Gasteiger partial charge is 0.340 e. The molecule has 0 aliphatic carbocycles. The summed E-state index contributed by atoms with van der Waals surface area (Å²) in [6.45, 7) is 3.06. The third-order valence-electron chi connectivity index (χ3n) is 2.13. The Hall–Kier alpha value is -0.610. The van der Waals surface area contributed by atoms with Gasteiger partial charge in [0, 0.05) is 13.7 Å². The van der Waals surface area contributed by atoms with Gasteiger partial charge in [0.2, 0.25) is 0 Å². The zero-order chi connectivity index (χ0) is 9.73. The maximum absolute atomic E-state index is 11.5. The van der Waals surface area contributed by atoms with Crippen LogP contribution in [0.3, 0.4) is 0 Å². The zero-order valence-corrected chi connectivity index (χ0v) is 8.17. The molecule has 1 aliphatic rings. The molecule has 1 aliphatic heterocycles. The first-order valence-electron chi connectivity index (χ1n) is 4.55. The van der Waals surface area contributed by atoms with Gasteiger partial charge in [-0.15, -0.1) is 0 Å². The van der Waals surface area contributed by atoms with Crippen molar-refractivity contribution in [3.8, 4) is 0 Å². The predicted molar refractivity (Wildman–Crippen MR) is 46.4 cm³/mol. The van der Waals surface area contributed by atoms with Gasteiger partial charge in [0.25, 0.3) is 0 Å². The van der Waals surface area contributed by atoms with Crippen molar-refractivity contribution in [2.45, 2.75) is 25.4 Å². The molecule has 0 aromatic carbocycles. The van der Waals surface area contributed by atoms with E-state index in [0.29, 0.717) is 19.6 Å². The number of hydrogen-bond acceptors (Lipinski definition) is 4. The molecule has 4 nitrogen and oxygen atoms in total. The zero-order valence-electron chi connectivity index (χ0n) is 8.17. The van der Waals surface area contributed by atoms with Crippen molar-refractivity contribution < 1.29 is 19.0 Å². The van der Waals surface area contributed by atoms with Gasteiger partial charge < -0.3 is 14.2 Å². The van der Waals surface area contributed by atoms with E-state index in [2.05, 4.69) is 0 Å². The summed E-state index contributed by atoms with van der Waals surface area (Å²) in [7, 11) is 1.56. The highest BCUT2D eigenvalue weighted by molar-refractivity contribution is 5.80. The quantitative estimate of drug-likeness (QED) is 0.610. The van der Waals surface area contributed by atoms with Crippen LogP contribution in [-0.4, -0.2) is 38.5 Å². The molecule has 0 saturated carbocycles. The van der Waals surface area contributed by atoms with E-state index in [9.17, 15) is 4.79 Å². The molecule has 4 heteroatoms. The van der Waals surface area contributed by atoms with E-state index in [4.69, 9.17) is 14.2 Å². The van der Waals surface area contributed by atoms with Gasteiger partial charge in [0.1, 0.15) is 0 Å². The second-order valence-corrected chi connectivity index (χ2v) is 3.10. The molecule has 1 fully saturated rings. The lowest BCUT2D eigenvalue weighted by atomic mass is 10.0. The fraction of sp³-hybridized carbons (Fsp3) is 0.889. The molecule has 0 radical (unpaired) electrons. The Morgan fingerprint density at radius 2 is 2.38 bits per heavy atom. The van der Waals surface area contributed by atoms with Gasteiger partial charge in [0.05, 0.1) is 13.2 Å². The molecule has 0 amide bonds. The Kier molecular flexibility index (Phi) is 3.69. The minimum atomic E-state index is -0.829. The van der Waals surface area contributed by atoms with E-state index in [0.717, 1.165) is 6.42 Å². The molecule has 1 atom stereocenters. The molecule has 0 aromatic rings. The molecule has 1 saturated heterocycles. The Morgan fingerprint density at radius 1 is 1.62 bits per heavy atom. The molecule has 13 heavy (non-hydrogen) atoms. The van der Waals surface area contributed by atoms with Crippen LogP contribution in [0.4, 0.5) is 0 Å². The van der Waals surface area contributed by atoms with Gasteiger partial charge in [-0.3, -0.25) is 0 Å². The van der Waals surface area contributed by atoms with Crippen molar-refractivity contribution >= 4 is 5.97 Å². The third kappa shape index (κ3) is 2.19. The summed E-state index contributed by atoms with van der Waals surface area (Å²) in [6, 6.07) is 0. The summed E-state index contributed by atoms with van der Waals surface area (Å²) in [4.78, 5) is 11.5. The number of carbonyl (C=O) groups excluding carboxylic acids is 1. The fourth-order valence-electron chi connectivity index (χ4n) is 1.53.